The van der Waals surface area contributed by atoms with Crippen LogP contribution in [0.1, 0.15) is 24.3 Å². The first-order chi connectivity index (χ1) is 9.80. The van der Waals surface area contributed by atoms with Gasteiger partial charge in [0.2, 0.25) is 0 Å². The van der Waals surface area contributed by atoms with E-state index in [0.717, 1.165) is 39.1 Å². The van der Waals surface area contributed by atoms with Crippen molar-refractivity contribution >= 4 is 11.3 Å². The monoisotopic (exact) mass is 294 g/mol. The van der Waals surface area contributed by atoms with Crippen LogP contribution in [0.5, 0.6) is 0 Å². The van der Waals surface area contributed by atoms with Gasteiger partial charge in [0.25, 0.3) is 0 Å². The lowest BCUT2D eigenvalue weighted by atomic mass is 9.89. The van der Waals surface area contributed by atoms with Crippen LogP contribution in [0.15, 0.2) is 24.2 Å². The van der Waals surface area contributed by atoms with E-state index >= 15 is 0 Å². The number of rotatable bonds is 5. The lowest BCUT2D eigenvalue weighted by Gasteiger charge is -2.39. The van der Waals surface area contributed by atoms with E-state index < -0.39 is 0 Å². The van der Waals surface area contributed by atoms with E-state index in [0.29, 0.717) is 6.61 Å². The number of nitrogens with zero attached hydrogens (tertiary/aromatic N) is 2. The van der Waals surface area contributed by atoms with Gasteiger partial charge >= 0.3 is 0 Å². The Balaban J connectivity index is 1.56. The van der Waals surface area contributed by atoms with Gasteiger partial charge in [0.05, 0.1) is 31.5 Å². The fourth-order valence-electron chi connectivity index (χ4n) is 3.25. The van der Waals surface area contributed by atoms with Gasteiger partial charge in [-0.2, -0.15) is 0 Å². The minimum absolute atomic E-state index is 0.00134. The normalized spacial score (nSPS) is 30.9. The Morgan fingerprint density at radius 1 is 1.65 bits per heavy atom. The van der Waals surface area contributed by atoms with Crippen LogP contribution in [0.4, 0.5) is 0 Å². The molecule has 3 rings (SSSR count). The van der Waals surface area contributed by atoms with E-state index in [-0.39, 0.29) is 11.7 Å². The highest BCUT2D eigenvalue weighted by Crippen LogP contribution is 2.36. The summed E-state index contributed by atoms with van der Waals surface area (Å²) in [6, 6.07) is 0. The van der Waals surface area contributed by atoms with Crippen molar-refractivity contribution in [1.82, 2.24) is 9.88 Å². The molecular formula is C15H22N2O2S. The predicted octanol–water partition coefficient (Wildman–Crippen LogP) is 2.47. The summed E-state index contributed by atoms with van der Waals surface area (Å²) in [6.45, 7) is 8.13. The Hall–Kier alpha value is -0.750. The zero-order valence-corrected chi connectivity index (χ0v) is 12.6. The molecule has 1 spiro atoms. The van der Waals surface area contributed by atoms with Crippen molar-refractivity contribution in [2.24, 2.45) is 0 Å². The first-order valence-corrected chi connectivity index (χ1v) is 8.15. The van der Waals surface area contributed by atoms with Crippen molar-refractivity contribution in [1.29, 1.82) is 0 Å². The van der Waals surface area contributed by atoms with E-state index in [1.54, 1.807) is 17.4 Å². The minimum Gasteiger partial charge on any atom is -0.372 e. The lowest BCUT2D eigenvalue weighted by Crippen LogP contribution is -2.47. The van der Waals surface area contributed by atoms with Gasteiger partial charge < -0.3 is 9.47 Å². The smallest absolute Gasteiger partial charge is 0.107 e. The average Bonchev–Trinajstić information content (AvgIpc) is 3.07. The molecule has 0 N–H and O–H groups in total. The standard InChI is InChI=1S/C15H22N2O2S/c1-2-7-18-13-9-15(19-11-13)4-3-6-17(12-15)10-14-16-5-8-20-14/h2,5,8,13H,1,3-4,6-7,9-12H2/t13-,15-/m0/s1. The van der Waals surface area contributed by atoms with Gasteiger partial charge in [-0.3, -0.25) is 4.90 Å². The number of piperidine rings is 1. The second kappa shape index (κ2) is 6.35. The van der Waals surface area contributed by atoms with Crippen molar-refractivity contribution in [3.63, 3.8) is 0 Å². The van der Waals surface area contributed by atoms with Gasteiger partial charge in [0.15, 0.2) is 0 Å². The fraction of sp³-hybridized carbons (Fsp3) is 0.667. The Labute approximate surface area is 124 Å². The molecule has 0 aliphatic carbocycles. The molecule has 4 nitrogen and oxygen atoms in total. The molecule has 2 fully saturated rings. The maximum Gasteiger partial charge on any atom is 0.107 e. The summed E-state index contributed by atoms with van der Waals surface area (Å²) in [5.41, 5.74) is 0.00134. The molecule has 2 aliphatic rings. The second-order valence-electron chi connectivity index (χ2n) is 5.68. The Bertz CT molecular complexity index is 437. The highest BCUT2D eigenvalue weighted by Gasteiger charge is 2.43. The number of likely N-dealkylation sites (tertiary alicyclic amines) is 1. The maximum absolute atomic E-state index is 6.12. The quantitative estimate of drug-likeness (QED) is 0.781. The van der Waals surface area contributed by atoms with Gasteiger partial charge in [0.1, 0.15) is 5.01 Å². The van der Waals surface area contributed by atoms with Crippen molar-refractivity contribution in [2.75, 3.05) is 26.3 Å². The molecule has 1 aromatic heterocycles. The van der Waals surface area contributed by atoms with Crippen LogP contribution in [0.25, 0.3) is 0 Å². The molecule has 3 heterocycles. The summed E-state index contributed by atoms with van der Waals surface area (Å²) < 4.78 is 11.9. The average molecular weight is 294 g/mol. The predicted molar refractivity (Wildman–Crippen MR) is 79.9 cm³/mol. The third-order valence-corrected chi connectivity index (χ3v) is 4.85. The summed E-state index contributed by atoms with van der Waals surface area (Å²) >= 11 is 1.73. The Morgan fingerprint density at radius 2 is 2.60 bits per heavy atom. The van der Waals surface area contributed by atoms with E-state index in [1.165, 1.54) is 11.4 Å². The van der Waals surface area contributed by atoms with Crippen molar-refractivity contribution in [2.45, 2.75) is 37.5 Å². The molecule has 0 unspecified atom stereocenters. The van der Waals surface area contributed by atoms with Crippen LogP contribution in [0, 0.1) is 0 Å². The van der Waals surface area contributed by atoms with E-state index in [2.05, 4.69) is 16.5 Å². The molecule has 0 saturated carbocycles. The number of ether oxygens (including phenoxy) is 2. The topological polar surface area (TPSA) is 34.6 Å². The van der Waals surface area contributed by atoms with Crippen LogP contribution >= 0.6 is 11.3 Å². The zero-order chi connectivity index (χ0) is 13.8. The van der Waals surface area contributed by atoms with E-state index in [9.17, 15) is 0 Å². The number of thiazole rings is 1. The SMILES string of the molecule is C=CCO[C@@H]1CO[C@@]2(CCCN(Cc3nccs3)C2)C1. The maximum atomic E-state index is 6.12. The molecule has 2 saturated heterocycles. The molecule has 0 bridgehead atoms. The first kappa shape index (κ1) is 14.2. The summed E-state index contributed by atoms with van der Waals surface area (Å²) in [6.07, 6.45) is 7.27. The number of hydrogen-bond donors (Lipinski definition) is 0. The summed E-state index contributed by atoms with van der Waals surface area (Å²) in [5, 5.41) is 3.24. The Kier molecular flexibility index (Phi) is 4.51. The third kappa shape index (κ3) is 3.28. The van der Waals surface area contributed by atoms with Crippen molar-refractivity contribution in [3.05, 3.63) is 29.2 Å². The van der Waals surface area contributed by atoms with Gasteiger partial charge in [-0.15, -0.1) is 17.9 Å². The first-order valence-electron chi connectivity index (χ1n) is 7.27. The van der Waals surface area contributed by atoms with Crippen molar-refractivity contribution < 1.29 is 9.47 Å². The van der Waals surface area contributed by atoms with Crippen LogP contribution in [0.2, 0.25) is 0 Å². The third-order valence-electron chi connectivity index (χ3n) is 4.09. The van der Waals surface area contributed by atoms with Gasteiger partial charge in [-0.1, -0.05) is 6.08 Å². The Morgan fingerprint density at radius 3 is 3.40 bits per heavy atom. The van der Waals surface area contributed by atoms with Crippen LogP contribution in [0.3, 0.4) is 0 Å². The van der Waals surface area contributed by atoms with Gasteiger partial charge in [0, 0.05) is 24.5 Å². The molecule has 5 heteroatoms. The molecule has 2 aliphatic heterocycles. The molecular weight excluding hydrogens is 272 g/mol. The zero-order valence-electron chi connectivity index (χ0n) is 11.8. The summed E-state index contributed by atoms with van der Waals surface area (Å²) in [7, 11) is 0. The van der Waals surface area contributed by atoms with Gasteiger partial charge in [-0.05, 0) is 19.4 Å². The fourth-order valence-corrected chi connectivity index (χ4v) is 3.90. The molecule has 110 valence electrons. The second-order valence-corrected chi connectivity index (χ2v) is 6.66. The molecule has 20 heavy (non-hydrogen) atoms. The molecule has 0 amide bonds. The van der Waals surface area contributed by atoms with Crippen LogP contribution < -0.4 is 0 Å². The molecule has 1 aromatic rings. The van der Waals surface area contributed by atoms with Crippen LogP contribution in [-0.4, -0.2) is 47.9 Å². The number of hydrogen-bond acceptors (Lipinski definition) is 5. The molecule has 2 atom stereocenters. The largest absolute Gasteiger partial charge is 0.372 e. The molecule has 0 aromatic carbocycles. The number of aromatic nitrogens is 1. The lowest BCUT2D eigenvalue weighted by molar-refractivity contribution is -0.0544. The van der Waals surface area contributed by atoms with E-state index in [4.69, 9.17) is 9.47 Å². The summed E-state index contributed by atoms with van der Waals surface area (Å²) in [5.74, 6) is 0. The highest BCUT2D eigenvalue weighted by atomic mass is 32.1. The van der Waals surface area contributed by atoms with Gasteiger partial charge in [-0.25, -0.2) is 4.98 Å². The van der Waals surface area contributed by atoms with Crippen LogP contribution in [-0.2, 0) is 16.0 Å². The summed E-state index contributed by atoms with van der Waals surface area (Å²) in [4.78, 5) is 6.85. The van der Waals surface area contributed by atoms with E-state index in [1.807, 2.05) is 11.6 Å². The molecule has 0 radical (unpaired) electrons. The minimum atomic E-state index is 0.00134. The highest BCUT2D eigenvalue weighted by molar-refractivity contribution is 7.09. The van der Waals surface area contributed by atoms with Crippen molar-refractivity contribution in [3.8, 4) is 0 Å².